The fourth-order valence-electron chi connectivity index (χ4n) is 4.19. The summed E-state index contributed by atoms with van der Waals surface area (Å²) in [6.07, 6.45) is 4.74. The Kier molecular flexibility index (Phi) is 5.08. The van der Waals surface area contributed by atoms with Crippen LogP contribution in [-0.4, -0.2) is 36.1 Å². The minimum atomic E-state index is 0.478. The maximum absolute atomic E-state index is 6.21. The van der Waals surface area contributed by atoms with Gasteiger partial charge in [0.25, 0.3) is 0 Å². The summed E-state index contributed by atoms with van der Waals surface area (Å²) in [5.74, 6) is 1.95. The van der Waals surface area contributed by atoms with Gasteiger partial charge in [0.15, 0.2) is 0 Å². The molecule has 126 valence electrons. The third-order valence-electron chi connectivity index (χ3n) is 5.35. The normalized spacial score (nSPS) is 18.8. The van der Waals surface area contributed by atoms with Crippen LogP contribution in [0, 0.1) is 18.8 Å². The minimum Gasteiger partial charge on any atom is -0.361 e. The smallest absolute Gasteiger partial charge is 0.0457 e. The van der Waals surface area contributed by atoms with E-state index in [0.717, 1.165) is 12.5 Å². The number of benzene rings is 1. The Morgan fingerprint density at radius 2 is 2.00 bits per heavy atom. The fraction of sp³-hybridized carbons (Fsp3) is 0.600. The van der Waals surface area contributed by atoms with E-state index in [0.29, 0.717) is 11.8 Å². The molecule has 1 saturated heterocycles. The van der Waals surface area contributed by atoms with E-state index in [2.05, 4.69) is 55.1 Å². The standard InChI is InChI=1S/C20H31N3/c1-14(2)13-23-8-6-16(7-9-23)18(11-21)19-12-22-20-5-4-15(3)10-17(19)20/h4-5,10,12,14,16,18,22H,6-9,11,13,21H2,1-3H3. The summed E-state index contributed by atoms with van der Waals surface area (Å²) < 4.78 is 0. The first-order valence-electron chi connectivity index (χ1n) is 9.08. The zero-order valence-corrected chi connectivity index (χ0v) is 14.8. The molecule has 2 heterocycles. The van der Waals surface area contributed by atoms with Gasteiger partial charge >= 0.3 is 0 Å². The molecule has 0 aliphatic carbocycles. The Morgan fingerprint density at radius 1 is 1.26 bits per heavy atom. The number of likely N-dealkylation sites (tertiary alicyclic amines) is 1. The van der Waals surface area contributed by atoms with E-state index >= 15 is 0 Å². The average Bonchev–Trinajstić information content (AvgIpc) is 2.92. The van der Waals surface area contributed by atoms with Gasteiger partial charge in [-0.2, -0.15) is 0 Å². The van der Waals surface area contributed by atoms with Crippen LogP contribution >= 0.6 is 0 Å². The van der Waals surface area contributed by atoms with Crippen molar-refractivity contribution in [1.29, 1.82) is 0 Å². The summed E-state index contributed by atoms with van der Waals surface area (Å²) in [5, 5.41) is 1.37. The zero-order chi connectivity index (χ0) is 16.4. The summed E-state index contributed by atoms with van der Waals surface area (Å²) in [5.41, 5.74) is 10.2. The van der Waals surface area contributed by atoms with E-state index in [1.165, 1.54) is 54.5 Å². The Bertz CT molecular complexity index is 635. The molecule has 0 radical (unpaired) electrons. The molecule has 3 N–H and O–H groups in total. The molecule has 1 fully saturated rings. The van der Waals surface area contributed by atoms with Crippen LogP contribution in [0.25, 0.3) is 10.9 Å². The molecule has 3 heteroatoms. The molecule has 2 aromatic rings. The molecule has 0 spiro atoms. The highest BCUT2D eigenvalue weighted by Crippen LogP contribution is 2.36. The number of piperidine rings is 1. The second-order valence-corrected chi connectivity index (χ2v) is 7.67. The first-order chi connectivity index (χ1) is 11.1. The summed E-state index contributed by atoms with van der Waals surface area (Å²) in [7, 11) is 0. The van der Waals surface area contributed by atoms with Crippen molar-refractivity contribution in [2.75, 3.05) is 26.2 Å². The summed E-state index contributed by atoms with van der Waals surface area (Å²) >= 11 is 0. The molecule has 1 unspecified atom stereocenters. The molecular weight excluding hydrogens is 282 g/mol. The molecule has 3 nitrogen and oxygen atoms in total. The van der Waals surface area contributed by atoms with E-state index in [-0.39, 0.29) is 0 Å². The van der Waals surface area contributed by atoms with Crippen molar-refractivity contribution in [1.82, 2.24) is 9.88 Å². The molecule has 23 heavy (non-hydrogen) atoms. The molecular formula is C20H31N3. The van der Waals surface area contributed by atoms with Gasteiger partial charge in [0.1, 0.15) is 0 Å². The number of fused-ring (bicyclic) bond motifs is 1. The lowest BCUT2D eigenvalue weighted by atomic mass is 9.79. The van der Waals surface area contributed by atoms with Gasteiger partial charge in [0.2, 0.25) is 0 Å². The predicted octanol–water partition coefficient (Wildman–Crippen LogP) is 3.89. The van der Waals surface area contributed by atoms with Gasteiger partial charge in [-0.25, -0.2) is 0 Å². The average molecular weight is 313 g/mol. The topological polar surface area (TPSA) is 45.1 Å². The summed E-state index contributed by atoms with van der Waals surface area (Å²) in [4.78, 5) is 6.06. The second-order valence-electron chi connectivity index (χ2n) is 7.67. The largest absolute Gasteiger partial charge is 0.361 e. The van der Waals surface area contributed by atoms with E-state index in [1.54, 1.807) is 0 Å². The zero-order valence-electron chi connectivity index (χ0n) is 14.8. The first-order valence-corrected chi connectivity index (χ1v) is 9.08. The Hall–Kier alpha value is -1.32. The van der Waals surface area contributed by atoms with Crippen LogP contribution in [0.1, 0.15) is 43.7 Å². The van der Waals surface area contributed by atoms with Crippen molar-refractivity contribution in [2.24, 2.45) is 17.6 Å². The van der Waals surface area contributed by atoms with Crippen molar-refractivity contribution >= 4 is 10.9 Å². The highest BCUT2D eigenvalue weighted by Gasteiger charge is 2.28. The first kappa shape index (κ1) is 16.5. The monoisotopic (exact) mass is 313 g/mol. The highest BCUT2D eigenvalue weighted by atomic mass is 15.1. The molecule has 1 aromatic heterocycles. The Balaban J connectivity index is 1.76. The summed E-state index contributed by atoms with van der Waals surface area (Å²) in [6.45, 7) is 11.2. The van der Waals surface area contributed by atoms with Crippen molar-refractivity contribution in [3.05, 3.63) is 35.5 Å². The molecule has 1 aliphatic rings. The maximum atomic E-state index is 6.21. The lowest BCUT2D eigenvalue weighted by Gasteiger charge is -2.36. The van der Waals surface area contributed by atoms with E-state index < -0.39 is 0 Å². The maximum Gasteiger partial charge on any atom is 0.0457 e. The number of nitrogens with two attached hydrogens (primary N) is 1. The Morgan fingerprint density at radius 3 is 2.65 bits per heavy atom. The fourth-order valence-corrected chi connectivity index (χ4v) is 4.19. The Labute approximate surface area is 140 Å². The van der Waals surface area contributed by atoms with Gasteiger partial charge in [-0.1, -0.05) is 25.5 Å². The number of hydrogen-bond acceptors (Lipinski definition) is 2. The highest BCUT2D eigenvalue weighted by molar-refractivity contribution is 5.84. The van der Waals surface area contributed by atoms with Crippen molar-refractivity contribution < 1.29 is 0 Å². The SMILES string of the molecule is Cc1ccc2[nH]cc(C(CN)C3CCN(CC(C)C)CC3)c2c1. The van der Waals surface area contributed by atoms with Crippen LogP contribution in [-0.2, 0) is 0 Å². The van der Waals surface area contributed by atoms with Gasteiger partial charge in [0, 0.05) is 29.6 Å². The molecule has 3 rings (SSSR count). The number of H-pyrrole nitrogens is 1. The van der Waals surface area contributed by atoms with E-state index in [4.69, 9.17) is 5.73 Å². The van der Waals surface area contributed by atoms with Gasteiger partial charge in [-0.3, -0.25) is 0 Å². The molecule has 0 bridgehead atoms. The molecule has 0 saturated carbocycles. The lowest BCUT2D eigenvalue weighted by molar-refractivity contribution is 0.155. The van der Waals surface area contributed by atoms with Crippen LogP contribution in [0.3, 0.4) is 0 Å². The van der Waals surface area contributed by atoms with Crippen LogP contribution in [0.2, 0.25) is 0 Å². The number of hydrogen-bond donors (Lipinski definition) is 2. The van der Waals surface area contributed by atoms with Crippen LogP contribution in [0.5, 0.6) is 0 Å². The molecule has 1 atom stereocenters. The lowest BCUT2D eigenvalue weighted by Crippen LogP contribution is -2.38. The minimum absolute atomic E-state index is 0.478. The van der Waals surface area contributed by atoms with Gasteiger partial charge < -0.3 is 15.6 Å². The van der Waals surface area contributed by atoms with Crippen LogP contribution in [0.15, 0.2) is 24.4 Å². The number of aromatic nitrogens is 1. The second kappa shape index (κ2) is 7.06. The van der Waals surface area contributed by atoms with Crippen LogP contribution < -0.4 is 5.73 Å². The van der Waals surface area contributed by atoms with Gasteiger partial charge in [-0.15, -0.1) is 0 Å². The number of rotatable bonds is 5. The van der Waals surface area contributed by atoms with Crippen molar-refractivity contribution in [3.63, 3.8) is 0 Å². The van der Waals surface area contributed by atoms with Crippen molar-refractivity contribution in [2.45, 2.75) is 39.5 Å². The predicted molar refractivity (Wildman–Crippen MR) is 98.8 cm³/mol. The molecule has 1 aliphatic heterocycles. The number of nitrogens with zero attached hydrogens (tertiary/aromatic N) is 1. The van der Waals surface area contributed by atoms with E-state index in [1.807, 2.05) is 0 Å². The van der Waals surface area contributed by atoms with E-state index in [9.17, 15) is 0 Å². The number of aryl methyl sites for hydroxylation is 1. The number of aromatic amines is 1. The molecule has 0 amide bonds. The van der Waals surface area contributed by atoms with Gasteiger partial charge in [-0.05, 0) is 68.9 Å². The third-order valence-corrected chi connectivity index (χ3v) is 5.35. The molecule has 1 aromatic carbocycles. The summed E-state index contributed by atoms with van der Waals surface area (Å²) in [6, 6.07) is 6.66. The van der Waals surface area contributed by atoms with Crippen molar-refractivity contribution in [3.8, 4) is 0 Å². The van der Waals surface area contributed by atoms with Crippen LogP contribution in [0.4, 0.5) is 0 Å². The van der Waals surface area contributed by atoms with Gasteiger partial charge in [0.05, 0.1) is 0 Å². The quantitative estimate of drug-likeness (QED) is 0.879. The third kappa shape index (κ3) is 3.61. The number of nitrogens with one attached hydrogen (secondary N) is 1.